The second kappa shape index (κ2) is 12.4. The molecule has 1 N–H and O–H groups in total. The van der Waals surface area contributed by atoms with Gasteiger partial charge < -0.3 is 19.5 Å². The van der Waals surface area contributed by atoms with Gasteiger partial charge in [-0.05, 0) is 48.4 Å². The van der Waals surface area contributed by atoms with Gasteiger partial charge in [0.15, 0.2) is 11.5 Å². The molecule has 10 heteroatoms. The number of rotatable bonds is 11. The van der Waals surface area contributed by atoms with Crippen LogP contribution in [0.4, 0.5) is 4.79 Å². The molecule has 0 aromatic heterocycles. The van der Waals surface area contributed by atoms with Crippen molar-refractivity contribution >= 4 is 29.8 Å². The minimum Gasteiger partial charge on any atom is -0.496 e. The number of nitrogens with one attached hydrogen (secondary N) is 1. The van der Waals surface area contributed by atoms with E-state index in [9.17, 15) is 19.2 Å². The summed E-state index contributed by atoms with van der Waals surface area (Å²) in [6, 6.07) is 11.2. The van der Waals surface area contributed by atoms with Crippen LogP contribution in [-0.4, -0.2) is 67.2 Å². The quantitative estimate of drug-likeness (QED) is 0.339. The van der Waals surface area contributed by atoms with E-state index in [1.807, 2.05) is 6.92 Å². The second-order valence-electron chi connectivity index (χ2n) is 9.29. The van der Waals surface area contributed by atoms with Crippen molar-refractivity contribution in [3.63, 3.8) is 0 Å². The van der Waals surface area contributed by atoms with Crippen molar-refractivity contribution in [2.75, 3.05) is 27.9 Å². The molecule has 40 heavy (non-hydrogen) atoms. The van der Waals surface area contributed by atoms with Gasteiger partial charge in [-0.3, -0.25) is 9.59 Å². The van der Waals surface area contributed by atoms with Gasteiger partial charge in [-0.15, -0.1) is 0 Å². The van der Waals surface area contributed by atoms with Crippen molar-refractivity contribution in [1.82, 2.24) is 10.2 Å². The third-order valence-electron chi connectivity index (χ3n) is 6.77. The molecule has 0 saturated heterocycles. The molecule has 0 fully saturated rings. The molecule has 1 aliphatic heterocycles. The Bertz CT molecular complexity index is 1420. The summed E-state index contributed by atoms with van der Waals surface area (Å²) in [6.07, 6.45) is 4.79. The number of hydrogen-bond acceptors (Lipinski definition) is 7. The number of fused-ring (bicyclic) bond motifs is 1. The number of nitrogens with zero attached hydrogens (tertiary/aromatic N) is 2. The third kappa shape index (κ3) is 5.66. The number of amides is 4. The van der Waals surface area contributed by atoms with E-state index in [4.69, 9.17) is 14.2 Å². The summed E-state index contributed by atoms with van der Waals surface area (Å²) in [7, 11) is 4.46. The topological polar surface area (TPSA) is 114 Å². The van der Waals surface area contributed by atoms with E-state index in [1.165, 1.54) is 30.8 Å². The molecule has 4 amide bonds. The normalized spacial score (nSPS) is 16.6. The SMILES string of the molecule is CCCNC(=O)c1ccc(CN2C(=O)C3C=C(OC)C(OC)=CC3=[N+](Cc3cc(C=O)ccc3OC)C2=O)cc1. The molecule has 1 aliphatic carbocycles. The first kappa shape index (κ1) is 28.3. The number of carbonyl (C=O) groups is 4. The highest BCUT2D eigenvalue weighted by Gasteiger charge is 2.48. The van der Waals surface area contributed by atoms with E-state index < -0.39 is 17.9 Å². The molecule has 1 unspecified atom stereocenters. The molecule has 0 bridgehead atoms. The lowest BCUT2D eigenvalue weighted by molar-refractivity contribution is -0.456. The van der Waals surface area contributed by atoms with Crippen molar-refractivity contribution in [2.45, 2.75) is 26.4 Å². The Morgan fingerprint density at radius 2 is 1.75 bits per heavy atom. The number of allylic oxidation sites excluding steroid dienone is 1. The third-order valence-corrected chi connectivity index (χ3v) is 6.77. The van der Waals surface area contributed by atoms with E-state index in [2.05, 4.69) is 5.32 Å². The van der Waals surface area contributed by atoms with Gasteiger partial charge in [0.05, 0.1) is 21.3 Å². The number of benzene rings is 2. The van der Waals surface area contributed by atoms with E-state index in [-0.39, 0.29) is 19.0 Å². The Labute approximate surface area is 232 Å². The molecule has 10 nitrogen and oxygen atoms in total. The number of carbonyl (C=O) groups excluding carboxylic acids is 4. The highest BCUT2D eigenvalue weighted by molar-refractivity contribution is 6.16. The summed E-state index contributed by atoms with van der Waals surface area (Å²) in [4.78, 5) is 52.5. The zero-order chi connectivity index (χ0) is 28.8. The average molecular weight is 547 g/mol. The fourth-order valence-electron chi connectivity index (χ4n) is 4.66. The van der Waals surface area contributed by atoms with Gasteiger partial charge in [0.25, 0.3) is 5.91 Å². The highest BCUT2D eigenvalue weighted by atomic mass is 16.5. The zero-order valence-electron chi connectivity index (χ0n) is 22.9. The molecule has 2 aromatic carbocycles. The molecule has 2 aliphatic rings. The summed E-state index contributed by atoms with van der Waals surface area (Å²) >= 11 is 0. The largest absolute Gasteiger partial charge is 0.501 e. The minimum atomic E-state index is -0.814. The van der Waals surface area contributed by atoms with Crippen LogP contribution in [0.3, 0.4) is 0 Å². The summed E-state index contributed by atoms with van der Waals surface area (Å²) in [6.45, 7) is 2.58. The summed E-state index contributed by atoms with van der Waals surface area (Å²) in [5, 5.41) is 2.83. The van der Waals surface area contributed by atoms with E-state index in [1.54, 1.807) is 54.6 Å². The molecule has 1 atom stereocenters. The number of hydrogen-bond donors (Lipinski definition) is 1. The van der Waals surface area contributed by atoms with Gasteiger partial charge in [-0.1, -0.05) is 19.1 Å². The smallest absolute Gasteiger partial charge is 0.496 e. The molecule has 0 spiro atoms. The van der Waals surface area contributed by atoms with Crippen molar-refractivity contribution in [3.8, 4) is 5.75 Å². The van der Waals surface area contributed by atoms with Gasteiger partial charge in [0.1, 0.15) is 36.8 Å². The number of aldehydes is 1. The Hall–Kier alpha value is -4.73. The van der Waals surface area contributed by atoms with Gasteiger partial charge in [0, 0.05) is 29.3 Å². The van der Waals surface area contributed by atoms with Crippen LogP contribution >= 0.6 is 0 Å². The molecule has 208 valence electrons. The Morgan fingerprint density at radius 3 is 2.38 bits per heavy atom. The van der Waals surface area contributed by atoms with Crippen LogP contribution in [0, 0.1) is 5.92 Å². The van der Waals surface area contributed by atoms with Crippen LogP contribution in [0.25, 0.3) is 0 Å². The predicted molar refractivity (Wildman–Crippen MR) is 146 cm³/mol. The van der Waals surface area contributed by atoms with Crippen LogP contribution in [0.2, 0.25) is 0 Å². The van der Waals surface area contributed by atoms with Crippen LogP contribution in [0.5, 0.6) is 5.75 Å². The Kier molecular flexibility index (Phi) is 8.78. The second-order valence-corrected chi connectivity index (χ2v) is 9.29. The molecule has 2 aromatic rings. The first-order valence-corrected chi connectivity index (χ1v) is 12.9. The lowest BCUT2D eigenvalue weighted by Crippen LogP contribution is -2.54. The molecule has 1 heterocycles. The molecule has 4 rings (SSSR count). The summed E-state index contributed by atoms with van der Waals surface area (Å²) < 4.78 is 17.9. The number of methoxy groups -OCH3 is 3. The molecular weight excluding hydrogens is 514 g/mol. The fourth-order valence-corrected chi connectivity index (χ4v) is 4.66. The molecular formula is C30H32N3O7+. The van der Waals surface area contributed by atoms with Gasteiger partial charge in [-0.25, -0.2) is 4.79 Å². The van der Waals surface area contributed by atoms with Crippen LogP contribution in [0.15, 0.2) is 66.1 Å². The highest BCUT2D eigenvalue weighted by Crippen LogP contribution is 2.30. The van der Waals surface area contributed by atoms with Gasteiger partial charge in [-0.2, -0.15) is 14.3 Å². The van der Waals surface area contributed by atoms with Crippen molar-refractivity contribution in [2.24, 2.45) is 5.92 Å². The first-order chi connectivity index (χ1) is 19.3. The number of ether oxygens (including phenoxy) is 3. The van der Waals surface area contributed by atoms with E-state index in [0.717, 1.165) is 12.7 Å². The Balaban J connectivity index is 1.73. The first-order valence-electron chi connectivity index (χ1n) is 12.9. The Morgan fingerprint density at radius 1 is 1.02 bits per heavy atom. The van der Waals surface area contributed by atoms with Crippen LogP contribution < -0.4 is 10.1 Å². The van der Waals surface area contributed by atoms with Crippen molar-refractivity contribution < 1.29 is 38.0 Å². The van der Waals surface area contributed by atoms with Gasteiger partial charge in [0.2, 0.25) is 0 Å². The maximum absolute atomic E-state index is 13.9. The van der Waals surface area contributed by atoms with E-state index >= 15 is 0 Å². The maximum atomic E-state index is 13.9. The monoisotopic (exact) mass is 546 g/mol. The molecule has 0 radical (unpaired) electrons. The van der Waals surface area contributed by atoms with E-state index in [0.29, 0.717) is 51.8 Å². The predicted octanol–water partition coefficient (Wildman–Crippen LogP) is 3.45. The number of urea groups is 1. The fraction of sp³-hybridized carbons (Fsp3) is 0.300. The van der Waals surface area contributed by atoms with Crippen LogP contribution in [0.1, 0.15) is 45.2 Å². The van der Waals surface area contributed by atoms with Crippen LogP contribution in [-0.2, 0) is 27.4 Å². The van der Waals surface area contributed by atoms with Gasteiger partial charge >= 0.3 is 11.9 Å². The zero-order valence-corrected chi connectivity index (χ0v) is 22.9. The number of imide groups is 1. The lowest BCUT2D eigenvalue weighted by atomic mass is 9.92. The summed E-state index contributed by atoms with van der Waals surface area (Å²) in [5.41, 5.74) is 2.61. The maximum Gasteiger partial charge on any atom is 0.501 e. The average Bonchev–Trinajstić information content (AvgIpc) is 2.99. The summed E-state index contributed by atoms with van der Waals surface area (Å²) in [5.74, 6) is -0.173. The standard InChI is InChI=1S/C30H31N3O7/c1-5-12-31-28(35)21-9-6-19(7-10-21)16-33-29(36)23-14-26(39-3)27(40-4)15-24(23)32(30(33)37)17-22-13-20(18-34)8-11-25(22)38-2/h6-11,13-15,18,23H,5,12,16-17H2,1-4H3/p+1. The van der Waals surface area contributed by atoms with Crippen molar-refractivity contribution in [1.29, 1.82) is 0 Å². The minimum absolute atomic E-state index is 0.00266. The van der Waals surface area contributed by atoms with Crippen molar-refractivity contribution in [3.05, 3.63) is 88.4 Å². The molecule has 0 saturated carbocycles. The lowest BCUT2D eigenvalue weighted by Gasteiger charge is -2.29.